The van der Waals surface area contributed by atoms with E-state index >= 15 is 0 Å². The smallest absolute Gasteiger partial charge is 0.410 e. The zero-order chi connectivity index (χ0) is 19.2. The third kappa shape index (κ3) is 3.38. The van der Waals surface area contributed by atoms with Gasteiger partial charge in [0, 0.05) is 36.9 Å². The van der Waals surface area contributed by atoms with Gasteiger partial charge in [0.25, 0.3) is 0 Å². The van der Waals surface area contributed by atoms with Crippen LogP contribution in [0.2, 0.25) is 0 Å². The molecular formula is C20H27N5O2. The van der Waals surface area contributed by atoms with Crippen molar-refractivity contribution in [2.24, 2.45) is 4.99 Å². The zero-order valence-corrected chi connectivity index (χ0v) is 16.1. The van der Waals surface area contributed by atoms with E-state index in [4.69, 9.17) is 10.5 Å². The van der Waals surface area contributed by atoms with Crippen molar-refractivity contribution < 1.29 is 9.53 Å². The third-order valence-corrected chi connectivity index (χ3v) is 5.50. The van der Waals surface area contributed by atoms with Crippen molar-refractivity contribution in [3.05, 3.63) is 30.1 Å². The SMILES string of the molecule is CC(C)(C)OC(=O)N1C2CCC1C(c1cnc(N)c(N3C=NC=CC3)c1)C2. The molecule has 1 aromatic heterocycles. The topological polar surface area (TPSA) is 84.0 Å². The number of nitrogens with zero attached hydrogens (tertiary/aromatic N) is 4. The van der Waals surface area contributed by atoms with E-state index in [0.29, 0.717) is 5.82 Å². The number of aliphatic imine (C=N–C) groups is 1. The second-order valence-electron chi connectivity index (χ2n) is 8.50. The molecule has 1 amide bonds. The molecule has 2 bridgehead atoms. The van der Waals surface area contributed by atoms with Gasteiger partial charge >= 0.3 is 6.09 Å². The van der Waals surface area contributed by atoms with Gasteiger partial charge in [0.15, 0.2) is 0 Å². The minimum Gasteiger partial charge on any atom is -0.444 e. The highest BCUT2D eigenvalue weighted by molar-refractivity contribution is 5.85. The van der Waals surface area contributed by atoms with E-state index in [1.54, 1.807) is 12.5 Å². The first kappa shape index (κ1) is 17.8. The fraction of sp³-hybridized carbons (Fsp3) is 0.550. The quantitative estimate of drug-likeness (QED) is 0.865. The summed E-state index contributed by atoms with van der Waals surface area (Å²) in [7, 11) is 0. The van der Waals surface area contributed by atoms with Crippen molar-refractivity contribution in [2.75, 3.05) is 17.2 Å². The molecule has 27 heavy (non-hydrogen) atoms. The number of pyridine rings is 1. The Balaban J connectivity index is 1.57. The largest absolute Gasteiger partial charge is 0.444 e. The Morgan fingerprint density at radius 3 is 2.85 bits per heavy atom. The Morgan fingerprint density at radius 2 is 2.15 bits per heavy atom. The highest BCUT2D eigenvalue weighted by atomic mass is 16.6. The first-order chi connectivity index (χ1) is 12.8. The van der Waals surface area contributed by atoms with Crippen LogP contribution in [0.5, 0.6) is 0 Å². The molecule has 3 aliphatic rings. The molecule has 0 spiro atoms. The van der Waals surface area contributed by atoms with Crippen molar-refractivity contribution in [1.82, 2.24) is 9.88 Å². The highest BCUT2D eigenvalue weighted by Crippen LogP contribution is 2.47. The molecule has 3 unspecified atom stereocenters. The second-order valence-corrected chi connectivity index (χ2v) is 8.50. The van der Waals surface area contributed by atoms with Crippen LogP contribution in [-0.2, 0) is 4.74 Å². The van der Waals surface area contributed by atoms with Crippen LogP contribution in [0.15, 0.2) is 29.5 Å². The molecule has 144 valence electrons. The minimum absolute atomic E-state index is 0.165. The lowest BCUT2D eigenvalue weighted by molar-refractivity contribution is 0.0213. The molecule has 0 saturated carbocycles. The number of rotatable bonds is 2. The van der Waals surface area contributed by atoms with Crippen molar-refractivity contribution >= 4 is 23.9 Å². The Hall–Kier alpha value is -2.57. The summed E-state index contributed by atoms with van der Waals surface area (Å²) in [6.45, 7) is 6.45. The van der Waals surface area contributed by atoms with Gasteiger partial charge in [-0.15, -0.1) is 0 Å². The van der Waals surface area contributed by atoms with Crippen molar-refractivity contribution in [1.29, 1.82) is 0 Å². The van der Waals surface area contributed by atoms with Gasteiger partial charge in [-0.25, -0.2) is 14.8 Å². The molecule has 1 aromatic rings. The minimum atomic E-state index is -0.481. The Morgan fingerprint density at radius 1 is 1.33 bits per heavy atom. The van der Waals surface area contributed by atoms with Gasteiger partial charge in [-0.1, -0.05) is 0 Å². The molecule has 4 heterocycles. The lowest BCUT2D eigenvalue weighted by atomic mass is 9.84. The van der Waals surface area contributed by atoms with Gasteiger partial charge in [0.1, 0.15) is 11.4 Å². The van der Waals surface area contributed by atoms with Crippen LogP contribution in [0.4, 0.5) is 16.3 Å². The van der Waals surface area contributed by atoms with Crippen molar-refractivity contribution in [2.45, 2.75) is 63.6 Å². The summed E-state index contributed by atoms with van der Waals surface area (Å²) in [4.78, 5) is 25.3. The van der Waals surface area contributed by atoms with Crippen molar-refractivity contribution in [3.8, 4) is 0 Å². The van der Waals surface area contributed by atoms with Crippen LogP contribution >= 0.6 is 0 Å². The molecule has 2 saturated heterocycles. The maximum Gasteiger partial charge on any atom is 0.410 e. The number of aromatic nitrogens is 1. The van der Waals surface area contributed by atoms with E-state index < -0.39 is 5.60 Å². The maximum atomic E-state index is 12.7. The lowest BCUT2D eigenvalue weighted by Gasteiger charge is -2.28. The number of nitrogen functional groups attached to an aromatic ring is 1. The number of hydrogen-bond acceptors (Lipinski definition) is 6. The second kappa shape index (κ2) is 6.55. The summed E-state index contributed by atoms with van der Waals surface area (Å²) in [5, 5.41) is 0. The van der Waals surface area contributed by atoms with E-state index in [1.807, 2.05) is 42.8 Å². The number of anilines is 2. The molecule has 3 aliphatic heterocycles. The van der Waals surface area contributed by atoms with Crippen LogP contribution in [0, 0.1) is 0 Å². The molecular weight excluding hydrogens is 342 g/mol. The van der Waals surface area contributed by atoms with E-state index in [2.05, 4.69) is 16.0 Å². The maximum absolute atomic E-state index is 12.7. The predicted molar refractivity (Wildman–Crippen MR) is 106 cm³/mol. The number of carbonyl (C=O) groups excluding carboxylic acids is 1. The molecule has 0 aliphatic carbocycles. The van der Waals surface area contributed by atoms with E-state index in [-0.39, 0.29) is 24.1 Å². The molecule has 7 nitrogen and oxygen atoms in total. The van der Waals surface area contributed by atoms with Gasteiger partial charge in [-0.3, -0.25) is 0 Å². The summed E-state index contributed by atoms with van der Waals surface area (Å²) in [6, 6.07) is 2.51. The van der Waals surface area contributed by atoms with Crippen LogP contribution in [0.1, 0.15) is 51.5 Å². The summed E-state index contributed by atoms with van der Waals surface area (Å²) in [5.74, 6) is 0.757. The molecule has 3 atom stereocenters. The summed E-state index contributed by atoms with van der Waals surface area (Å²) >= 11 is 0. The van der Waals surface area contributed by atoms with Gasteiger partial charge in [-0.05, 0) is 57.7 Å². The van der Waals surface area contributed by atoms with Gasteiger partial charge in [-0.2, -0.15) is 0 Å². The molecule has 2 N–H and O–H groups in total. The molecule has 2 fully saturated rings. The normalized spacial score (nSPS) is 26.7. The number of ether oxygens (including phenoxy) is 1. The Kier molecular flexibility index (Phi) is 4.32. The van der Waals surface area contributed by atoms with Crippen LogP contribution < -0.4 is 10.6 Å². The fourth-order valence-electron chi connectivity index (χ4n) is 4.41. The first-order valence-corrected chi connectivity index (χ1v) is 9.55. The zero-order valence-electron chi connectivity index (χ0n) is 16.1. The highest BCUT2D eigenvalue weighted by Gasteiger charge is 2.50. The summed E-state index contributed by atoms with van der Waals surface area (Å²) in [6.07, 6.45) is 10.2. The predicted octanol–water partition coefficient (Wildman–Crippen LogP) is 3.28. The molecule has 4 rings (SSSR count). The fourth-order valence-corrected chi connectivity index (χ4v) is 4.41. The van der Waals surface area contributed by atoms with Gasteiger partial charge in [0.2, 0.25) is 0 Å². The number of amides is 1. The number of nitrogens with two attached hydrogens (primary N) is 1. The summed E-state index contributed by atoms with van der Waals surface area (Å²) < 4.78 is 5.64. The van der Waals surface area contributed by atoms with Crippen LogP contribution in [-0.4, -0.2) is 46.5 Å². The van der Waals surface area contributed by atoms with Crippen LogP contribution in [0.3, 0.4) is 0 Å². The number of carbonyl (C=O) groups is 1. The van der Waals surface area contributed by atoms with Crippen molar-refractivity contribution in [3.63, 3.8) is 0 Å². The number of hydrogen-bond donors (Lipinski definition) is 1. The van der Waals surface area contributed by atoms with Gasteiger partial charge in [0.05, 0.1) is 12.0 Å². The molecule has 0 aromatic carbocycles. The summed E-state index contributed by atoms with van der Waals surface area (Å²) in [5.41, 5.74) is 7.63. The number of fused-ring (bicyclic) bond motifs is 2. The van der Waals surface area contributed by atoms with E-state index in [9.17, 15) is 4.79 Å². The Labute approximate surface area is 159 Å². The van der Waals surface area contributed by atoms with E-state index in [0.717, 1.165) is 37.1 Å². The van der Waals surface area contributed by atoms with E-state index in [1.165, 1.54) is 0 Å². The monoisotopic (exact) mass is 369 g/mol. The Bertz CT molecular complexity index is 798. The average Bonchev–Trinajstić information content (AvgIpc) is 3.20. The van der Waals surface area contributed by atoms with Gasteiger partial charge < -0.3 is 20.3 Å². The molecule has 0 radical (unpaired) electrons. The molecule has 7 heteroatoms. The third-order valence-electron chi connectivity index (χ3n) is 5.50. The first-order valence-electron chi connectivity index (χ1n) is 9.55. The average molecular weight is 369 g/mol. The standard InChI is InChI=1S/C20H27N5O2/c1-20(2,3)27-19(26)25-14-5-6-16(25)15(10-14)13-9-17(18(21)23-11-13)24-8-4-7-22-12-24/h4,7,9,11-12,14-16H,5-6,8,10H2,1-3H3,(H2,21,23). The lowest BCUT2D eigenvalue weighted by Crippen LogP contribution is -2.40. The van der Waals surface area contributed by atoms with Crippen LogP contribution in [0.25, 0.3) is 0 Å².